The van der Waals surface area contributed by atoms with Gasteiger partial charge in [0.25, 0.3) is 0 Å². The number of likely N-dealkylation sites (N-methyl/N-ethyl adjacent to an activating group) is 1. The van der Waals surface area contributed by atoms with E-state index in [2.05, 4.69) is 37.1 Å². The summed E-state index contributed by atoms with van der Waals surface area (Å²) in [6.07, 6.45) is 2.59. The van der Waals surface area contributed by atoms with Gasteiger partial charge in [0, 0.05) is 6.54 Å². The third-order valence-corrected chi connectivity index (χ3v) is 3.62. The summed E-state index contributed by atoms with van der Waals surface area (Å²) in [7, 11) is 0. The molecule has 16 heavy (non-hydrogen) atoms. The molecule has 1 heterocycles. The van der Waals surface area contributed by atoms with Crippen LogP contribution in [0.15, 0.2) is 0 Å². The molecule has 1 aliphatic rings. The first kappa shape index (κ1) is 13.5. The van der Waals surface area contributed by atoms with Gasteiger partial charge in [0.05, 0.1) is 6.07 Å². The molecule has 1 unspecified atom stereocenters. The van der Waals surface area contributed by atoms with E-state index >= 15 is 0 Å². The molecular weight excluding hydrogens is 198 g/mol. The number of hydrogen-bond donors (Lipinski definition) is 1. The van der Waals surface area contributed by atoms with Gasteiger partial charge >= 0.3 is 0 Å². The summed E-state index contributed by atoms with van der Waals surface area (Å²) in [4.78, 5) is 2.43. The van der Waals surface area contributed by atoms with Crippen molar-refractivity contribution < 1.29 is 0 Å². The van der Waals surface area contributed by atoms with E-state index in [9.17, 15) is 0 Å². The van der Waals surface area contributed by atoms with Crippen molar-refractivity contribution >= 4 is 0 Å². The summed E-state index contributed by atoms with van der Waals surface area (Å²) >= 11 is 0. The molecule has 0 aromatic rings. The number of nitrogens with zero attached hydrogens (tertiary/aromatic N) is 2. The normalized spacial score (nSPS) is 20.9. The Morgan fingerprint density at radius 3 is 2.44 bits per heavy atom. The van der Waals surface area contributed by atoms with Crippen LogP contribution in [0.5, 0.6) is 0 Å². The fourth-order valence-corrected chi connectivity index (χ4v) is 2.46. The Labute approximate surface area is 99.8 Å². The maximum atomic E-state index is 8.99. The predicted molar refractivity (Wildman–Crippen MR) is 67.1 cm³/mol. The Balaban J connectivity index is 2.28. The Bertz CT molecular complexity index is 224. The molecule has 0 spiro atoms. The molecule has 0 aromatic heterocycles. The van der Waals surface area contributed by atoms with Crippen LogP contribution < -0.4 is 5.32 Å². The van der Waals surface area contributed by atoms with E-state index < -0.39 is 0 Å². The van der Waals surface area contributed by atoms with Crippen LogP contribution >= 0.6 is 0 Å². The second-order valence-corrected chi connectivity index (χ2v) is 5.12. The minimum absolute atomic E-state index is 0.000556. The molecule has 1 aliphatic heterocycles. The van der Waals surface area contributed by atoms with Crippen LogP contribution in [0.25, 0.3) is 0 Å². The quantitative estimate of drug-likeness (QED) is 0.773. The van der Waals surface area contributed by atoms with E-state index in [0.29, 0.717) is 0 Å². The summed E-state index contributed by atoms with van der Waals surface area (Å²) in [6.45, 7) is 10.8. The highest BCUT2D eigenvalue weighted by atomic mass is 15.2. The van der Waals surface area contributed by atoms with Crippen LogP contribution in [-0.4, -0.2) is 37.1 Å². The van der Waals surface area contributed by atoms with Crippen molar-refractivity contribution in [2.45, 2.75) is 39.7 Å². The molecule has 3 heteroatoms. The number of rotatable bonds is 5. The number of hydrogen-bond acceptors (Lipinski definition) is 3. The summed E-state index contributed by atoms with van der Waals surface area (Å²) in [5.74, 6) is 1.69. The maximum Gasteiger partial charge on any atom is 0.108 e. The highest BCUT2D eigenvalue weighted by molar-refractivity contribution is 4.92. The van der Waals surface area contributed by atoms with Crippen LogP contribution in [0, 0.1) is 23.2 Å². The standard InChI is InChI=1S/C13H25N3/c1-4-15-13(9-14)10-16-7-5-12(6-8-16)11(2)3/h11-13,15H,4-8,10H2,1-3H3. The van der Waals surface area contributed by atoms with Gasteiger partial charge in [0.1, 0.15) is 6.04 Å². The lowest BCUT2D eigenvalue weighted by Gasteiger charge is -2.34. The third-order valence-electron chi connectivity index (χ3n) is 3.62. The average molecular weight is 223 g/mol. The van der Waals surface area contributed by atoms with Gasteiger partial charge in [0.2, 0.25) is 0 Å². The molecule has 92 valence electrons. The zero-order chi connectivity index (χ0) is 12.0. The van der Waals surface area contributed by atoms with Crippen LogP contribution in [-0.2, 0) is 0 Å². The number of nitriles is 1. The first-order valence-corrected chi connectivity index (χ1v) is 6.52. The Morgan fingerprint density at radius 1 is 1.38 bits per heavy atom. The first-order valence-electron chi connectivity index (χ1n) is 6.52. The summed E-state index contributed by atoms with van der Waals surface area (Å²) in [5, 5.41) is 12.2. The van der Waals surface area contributed by atoms with Gasteiger partial charge in [0.15, 0.2) is 0 Å². The van der Waals surface area contributed by atoms with Gasteiger partial charge in [-0.1, -0.05) is 20.8 Å². The van der Waals surface area contributed by atoms with Crippen molar-refractivity contribution in [1.82, 2.24) is 10.2 Å². The SMILES string of the molecule is CCNC(C#N)CN1CCC(C(C)C)CC1. The van der Waals surface area contributed by atoms with Gasteiger partial charge in [-0.15, -0.1) is 0 Å². The molecule has 1 atom stereocenters. The minimum Gasteiger partial charge on any atom is -0.301 e. The van der Waals surface area contributed by atoms with E-state index in [1.54, 1.807) is 0 Å². The largest absolute Gasteiger partial charge is 0.301 e. The average Bonchev–Trinajstić information content (AvgIpc) is 2.29. The van der Waals surface area contributed by atoms with E-state index in [-0.39, 0.29) is 6.04 Å². The molecule has 0 saturated carbocycles. The van der Waals surface area contributed by atoms with E-state index in [4.69, 9.17) is 5.26 Å². The lowest BCUT2D eigenvalue weighted by atomic mass is 9.86. The van der Waals surface area contributed by atoms with Crippen molar-refractivity contribution in [3.05, 3.63) is 0 Å². The van der Waals surface area contributed by atoms with Crippen LogP contribution in [0.3, 0.4) is 0 Å². The van der Waals surface area contributed by atoms with Crippen molar-refractivity contribution in [2.24, 2.45) is 11.8 Å². The van der Waals surface area contributed by atoms with Crippen molar-refractivity contribution in [1.29, 1.82) is 5.26 Å². The topological polar surface area (TPSA) is 39.1 Å². The zero-order valence-electron chi connectivity index (χ0n) is 10.9. The summed E-state index contributed by atoms with van der Waals surface area (Å²) in [6, 6.07) is 2.33. The number of piperidine rings is 1. The lowest BCUT2D eigenvalue weighted by Crippen LogP contribution is -2.44. The Kier molecular flexibility index (Phi) is 5.79. The first-order chi connectivity index (χ1) is 7.67. The van der Waals surface area contributed by atoms with Gasteiger partial charge < -0.3 is 10.2 Å². The second-order valence-electron chi connectivity index (χ2n) is 5.12. The second kappa shape index (κ2) is 6.88. The molecule has 3 nitrogen and oxygen atoms in total. The predicted octanol–water partition coefficient (Wildman–Crippen LogP) is 1.86. The van der Waals surface area contributed by atoms with Crippen LogP contribution in [0.4, 0.5) is 0 Å². The van der Waals surface area contributed by atoms with Gasteiger partial charge in [-0.25, -0.2) is 0 Å². The maximum absolute atomic E-state index is 8.99. The summed E-state index contributed by atoms with van der Waals surface area (Å²) < 4.78 is 0. The van der Waals surface area contributed by atoms with Crippen molar-refractivity contribution in [3.63, 3.8) is 0 Å². The van der Waals surface area contributed by atoms with Gasteiger partial charge in [-0.2, -0.15) is 5.26 Å². The monoisotopic (exact) mass is 223 g/mol. The molecule has 0 aliphatic carbocycles. The number of likely N-dealkylation sites (tertiary alicyclic amines) is 1. The minimum atomic E-state index is 0.000556. The molecule has 0 bridgehead atoms. The highest BCUT2D eigenvalue weighted by Gasteiger charge is 2.22. The van der Waals surface area contributed by atoms with Gasteiger partial charge in [-0.3, -0.25) is 0 Å². The molecule has 1 rings (SSSR count). The van der Waals surface area contributed by atoms with Crippen molar-refractivity contribution in [2.75, 3.05) is 26.2 Å². The van der Waals surface area contributed by atoms with E-state index in [1.807, 2.05) is 0 Å². The molecule has 1 N–H and O–H groups in total. The molecule has 0 aromatic carbocycles. The van der Waals surface area contributed by atoms with Crippen molar-refractivity contribution in [3.8, 4) is 6.07 Å². The van der Waals surface area contributed by atoms with Crippen LogP contribution in [0.2, 0.25) is 0 Å². The molecular formula is C13H25N3. The van der Waals surface area contributed by atoms with E-state index in [0.717, 1.165) is 38.0 Å². The third kappa shape index (κ3) is 4.11. The molecule has 0 radical (unpaired) electrons. The fourth-order valence-electron chi connectivity index (χ4n) is 2.46. The van der Waals surface area contributed by atoms with Crippen LogP contribution in [0.1, 0.15) is 33.6 Å². The Morgan fingerprint density at radius 2 is 2.00 bits per heavy atom. The zero-order valence-corrected chi connectivity index (χ0v) is 10.9. The Hall–Kier alpha value is -0.590. The smallest absolute Gasteiger partial charge is 0.108 e. The van der Waals surface area contributed by atoms with Gasteiger partial charge in [-0.05, 0) is 44.3 Å². The number of nitrogens with one attached hydrogen (secondary N) is 1. The molecule has 0 amide bonds. The highest BCUT2D eigenvalue weighted by Crippen LogP contribution is 2.24. The molecule has 1 fully saturated rings. The van der Waals surface area contributed by atoms with E-state index in [1.165, 1.54) is 12.8 Å². The fraction of sp³-hybridized carbons (Fsp3) is 0.923. The molecule has 1 saturated heterocycles. The lowest BCUT2D eigenvalue weighted by molar-refractivity contribution is 0.152. The summed E-state index contributed by atoms with van der Waals surface area (Å²) in [5.41, 5.74) is 0.